The predicted molar refractivity (Wildman–Crippen MR) is 123 cm³/mol. The van der Waals surface area contributed by atoms with Crippen molar-refractivity contribution in [2.24, 2.45) is 0 Å². The highest BCUT2D eigenvalue weighted by Crippen LogP contribution is 2.25. The Kier molecular flexibility index (Phi) is 8.74. The lowest BCUT2D eigenvalue weighted by Crippen LogP contribution is -2.37. The molecule has 1 N–H and O–H groups in total. The maximum atomic E-state index is 12.3. The van der Waals surface area contributed by atoms with Crippen LogP contribution in [-0.2, 0) is 14.8 Å². The zero-order valence-corrected chi connectivity index (χ0v) is 19.7. The van der Waals surface area contributed by atoms with Gasteiger partial charge in [-0.15, -0.1) is 0 Å². The van der Waals surface area contributed by atoms with Gasteiger partial charge in [0.25, 0.3) is 0 Å². The third-order valence-electron chi connectivity index (χ3n) is 4.98. The zero-order valence-electron chi connectivity index (χ0n) is 18.8. The Bertz CT molecular complexity index is 974. The van der Waals surface area contributed by atoms with Crippen molar-refractivity contribution in [3.05, 3.63) is 53.6 Å². The number of sulfonamides is 1. The topological polar surface area (TPSA) is 84.9 Å². The van der Waals surface area contributed by atoms with Gasteiger partial charge in [0.05, 0.1) is 25.1 Å². The molecule has 1 amide bonds. The van der Waals surface area contributed by atoms with Gasteiger partial charge < -0.3 is 14.8 Å². The van der Waals surface area contributed by atoms with E-state index in [-0.39, 0.29) is 24.9 Å². The van der Waals surface area contributed by atoms with Crippen molar-refractivity contribution in [3.63, 3.8) is 0 Å². The third kappa shape index (κ3) is 7.47. The largest absolute Gasteiger partial charge is 0.497 e. The van der Waals surface area contributed by atoms with E-state index < -0.39 is 10.0 Å². The minimum Gasteiger partial charge on any atom is -0.497 e. The highest BCUT2D eigenvalue weighted by atomic mass is 32.2. The third-order valence-corrected chi connectivity index (χ3v) is 6.16. The molecule has 0 aromatic heterocycles. The number of nitrogens with zero attached hydrogens (tertiary/aromatic N) is 1. The molecule has 2 aromatic carbocycles. The molecule has 0 bridgehead atoms. The van der Waals surface area contributed by atoms with Crippen LogP contribution in [0.5, 0.6) is 11.5 Å². The summed E-state index contributed by atoms with van der Waals surface area (Å²) in [5.41, 5.74) is 2.60. The molecule has 0 heterocycles. The van der Waals surface area contributed by atoms with E-state index in [1.54, 1.807) is 25.3 Å². The molecule has 0 radical (unpaired) electrons. The van der Waals surface area contributed by atoms with Crippen LogP contribution in [0.25, 0.3) is 0 Å². The standard InChI is InChI=1S/C23H32N2O5S/c1-17-8-6-9-22(19(17)3)25(31(5,27)28)15-7-10-23(26)24-18(2)16-30-21-13-11-20(29-4)12-14-21/h6,8-9,11-14,18H,7,10,15-16H2,1-5H3,(H,24,26)/t18-/m0/s1. The smallest absolute Gasteiger partial charge is 0.232 e. The van der Waals surface area contributed by atoms with Crippen LogP contribution in [0.1, 0.15) is 30.9 Å². The lowest BCUT2D eigenvalue weighted by atomic mass is 10.1. The van der Waals surface area contributed by atoms with Gasteiger partial charge in [-0.2, -0.15) is 0 Å². The van der Waals surface area contributed by atoms with Crippen molar-refractivity contribution in [2.75, 3.05) is 30.8 Å². The first kappa shape index (κ1) is 24.5. The van der Waals surface area contributed by atoms with Gasteiger partial charge in [-0.25, -0.2) is 8.42 Å². The van der Waals surface area contributed by atoms with Gasteiger partial charge in [-0.1, -0.05) is 12.1 Å². The van der Waals surface area contributed by atoms with Gasteiger partial charge >= 0.3 is 0 Å². The summed E-state index contributed by atoms with van der Waals surface area (Å²) in [7, 11) is -1.85. The first-order valence-corrected chi connectivity index (χ1v) is 12.1. The molecule has 0 spiro atoms. The Labute approximate surface area is 185 Å². The molecule has 0 aliphatic carbocycles. The fourth-order valence-electron chi connectivity index (χ4n) is 3.14. The molecule has 0 aliphatic rings. The SMILES string of the molecule is COc1ccc(OC[C@H](C)NC(=O)CCCN(c2cccc(C)c2C)S(C)(=O)=O)cc1. The molecule has 0 unspecified atom stereocenters. The van der Waals surface area contributed by atoms with Gasteiger partial charge in [0.15, 0.2) is 0 Å². The van der Waals surface area contributed by atoms with Crippen LogP contribution in [0, 0.1) is 13.8 Å². The molecule has 0 saturated carbocycles. The molecule has 7 nitrogen and oxygen atoms in total. The molecular formula is C23H32N2O5S. The van der Waals surface area contributed by atoms with Crippen LogP contribution in [0.2, 0.25) is 0 Å². The van der Waals surface area contributed by atoms with E-state index in [0.29, 0.717) is 24.5 Å². The number of anilines is 1. The van der Waals surface area contributed by atoms with Gasteiger partial charge in [-0.05, 0) is 68.7 Å². The van der Waals surface area contributed by atoms with Crippen molar-refractivity contribution in [2.45, 2.75) is 39.7 Å². The van der Waals surface area contributed by atoms with Crippen molar-refractivity contribution in [3.8, 4) is 11.5 Å². The van der Waals surface area contributed by atoms with Crippen molar-refractivity contribution >= 4 is 21.6 Å². The van der Waals surface area contributed by atoms with Crippen LogP contribution in [-0.4, -0.2) is 46.9 Å². The fourth-order valence-corrected chi connectivity index (χ4v) is 4.15. The summed E-state index contributed by atoms with van der Waals surface area (Å²) >= 11 is 0. The lowest BCUT2D eigenvalue weighted by molar-refractivity contribution is -0.121. The molecule has 0 aliphatic heterocycles. The zero-order chi connectivity index (χ0) is 23.0. The highest BCUT2D eigenvalue weighted by molar-refractivity contribution is 7.92. The maximum Gasteiger partial charge on any atom is 0.232 e. The lowest BCUT2D eigenvalue weighted by Gasteiger charge is -2.25. The van der Waals surface area contributed by atoms with Crippen molar-refractivity contribution < 1.29 is 22.7 Å². The van der Waals surface area contributed by atoms with E-state index >= 15 is 0 Å². The maximum absolute atomic E-state index is 12.3. The van der Waals surface area contributed by atoms with E-state index in [9.17, 15) is 13.2 Å². The van der Waals surface area contributed by atoms with E-state index in [1.807, 2.05) is 45.0 Å². The highest BCUT2D eigenvalue weighted by Gasteiger charge is 2.20. The minimum atomic E-state index is -3.45. The molecule has 0 saturated heterocycles. The molecule has 1 atom stereocenters. The number of ether oxygens (including phenoxy) is 2. The first-order chi connectivity index (χ1) is 14.6. The van der Waals surface area contributed by atoms with Gasteiger partial charge in [-0.3, -0.25) is 9.10 Å². The quantitative estimate of drug-likeness (QED) is 0.569. The van der Waals surface area contributed by atoms with E-state index in [0.717, 1.165) is 16.9 Å². The van der Waals surface area contributed by atoms with Gasteiger partial charge in [0.2, 0.25) is 15.9 Å². The molecule has 170 valence electrons. The van der Waals surface area contributed by atoms with Crippen LogP contribution in [0.3, 0.4) is 0 Å². The van der Waals surface area contributed by atoms with Crippen molar-refractivity contribution in [1.82, 2.24) is 5.32 Å². The number of aryl methyl sites for hydroxylation is 1. The summed E-state index contributed by atoms with van der Waals surface area (Å²) in [6.45, 7) is 6.28. The summed E-state index contributed by atoms with van der Waals surface area (Å²) in [5.74, 6) is 1.30. The second kappa shape index (κ2) is 11.0. The number of carbonyl (C=O) groups is 1. The number of methoxy groups -OCH3 is 1. The summed E-state index contributed by atoms with van der Waals surface area (Å²) in [6.07, 6.45) is 1.83. The second-order valence-corrected chi connectivity index (χ2v) is 9.52. The van der Waals surface area contributed by atoms with Crippen LogP contribution < -0.4 is 19.1 Å². The summed E-state index contributed by atoms with van der Waals surface area (Å²) in [6, 6.07) is 12.6. The van der Waals surface area contributed by atoms with E-state index in [2.05, 4.69) is 5.32 Å². The number of hydrogen-bond donors (Lipinski definition) is 1. The number of rotatable bonds is 11. The second-order valence-electron chi connectivity index (χ2n) is 7.61. The van der Waals surface area contributed by atoms with Crippen LogP contribution in [0.4, 0.5) is 5.69 Å². The first-order valence-electron chi connectivity index (χ1n) is 10.2. The van der Waals surface area contributed by atoms with Crippen molar-refractivity contribution in [1.29, 1.82) is 0 Å². The van der Waals surface area contributed by atoms with Crippen LogP contribution >= 0.6 is 0 Å². The summed E-state index contributed by atoms with van der Waals surface area (Å²) in [5, 5.41) is 2.89. The average Bonchev–Trinajstić information content (AvgIpc) is 2.71. The summed E-state index contributed by atoms with van der Waals surface area (Å²) < 4.78 is 36.8. The summed E-state index contributed by atoms with van der Waals surface area (Å²) in [4.78, 5) is 12.3. The monoisotopic (exact) mass is 448 g/mol. The fraction of sp³-hybridized carbons (Fsp3) is 0.435. The van der Waals surface area contributed by atoms with E-state index in [1.165, 1.54) is 10.6 Å². The Hall–Kier alpha value is -2.74. The molecule has 8 heteroatoms. The predicted octanol–water partition coefficient (Wildman–Crippen LogP) is 3.44. The number of hydrogen-bond acceptors (Lipinski definition) is 5. The Morgan fingerprint density at radius 3 is 2.35 bits per heavy atom. The molecule has 0 fully saturated rings. The number of nitrogens with one attached hydrogen (secondary N) is 1. The van der Waals surface area contributed by atoms with Crippen LogP contribution in [0.15, 0.2) is 42.5 Å². The molecule has 2 aromatic rings. The number of amides is 1. The normalized spacial score (nSPS) is 12.2. The van der Waals surface area contributed by atoms with Gasteiger partial charge in [0, 0.05) is 13.0 Å². The molecular weight excluding hydrogens is 416 g/mol. The number of carbonyl (C=O) groups excluding carboxylic acids is 1. The minimum absolute atomic E-state index is 0.139. The van der Waals surface area contributed by atoms with Gasteiger partial charge in [0.1, 0.15) is 18.1 Å². The average molecular weight is 449 g/mol. The molecule has 2 rings (SSSR count). The Morgan fingerprint density at radius 2 is 1.74 bits per heavy atom. The van der Waals surface area contributed by atoms with E-state index in [4.69, 9.17) is 9.47 Å². The Morgan fingerprint density at radius 1 is 1.10 bits per heavy atom. The number of benzene rings is 2. The molecule has 31 heavy (non-hydrogen) atoms. The Balaban J connectivity index is 1.84.